The average molecular weight is 263 g/mol. The first-order valence-electron chi connectivity index (χ1n) is 6.32. The fourth-order valence-corrected chi connectivity index (χ4v) is 1.52. The number of hydrogen-bond donors (Lipinski definition) is 2. The minimum atomic E-state index is -0.863. The average Bonchev–Trinajstić information content (AvgIpc) is 2.28. The fourth-order valence-electron chi connectivity index (χ4n) is 1.52. The first-order valence-corrected chi connectivity index (χ1v) is 6.32. The molecule has 0 fully saturated rings. The maximum atomic E-state index is 12.0. The molecule has 2 N–H and O–H groups in total. The fraction of sp³-hybridized carbons (Fsp3) is 0.467. The molecule has 19 heavy (non-hydrogen) atoms. The van der Waals surface area contributed by atoms with Gasteiger partial charge in [-0.2, -0.15) is 0 Å². The molecule has 1 amide bonds. The van der Waals surface area contributed by atoms with E-state index in [4.69, 9.17) is 5.11 Å². The Hall–Kier alpha value is -1.84. The highest BCUT2D eigenvalue weighted by Gasteiger charge is 2.26. The summed E-state index contributed by atoms with van der Waals surface area (Å²) >= 11 is 0. The van der Waals surface area contributed by atoms with E-state index in [1.54, 1.807) is 24.3 Å². The van der Waals surface area contributed by atoms with E-state index in [0.29, 0.717) is 5.69 Å². The van der Waals surface area contributed by atoms with Crippen molar-refractivity contribution in [3.63, 3.8) is 0 Å². The smallest absolute Gasteiger partial charge is 0.307 e. The van der Waals surface area contributed by atoms with Gasteiger partial charge in [-0.3, -0.25) is 9.59 Å². The number of nitrogens with one attached hydrogen (secondary N) is 1. The molecule has 0 bridgehead atoms. The van der Waals surface area contributed by atoms with Gasteiger partial charge in [-0.05, 0) is 23.1 Å². The lowest BCUT2D eigenvalue weighted by atomic mass is 9.81. The van der Waals surface area contributed by atoms with Gasteiger partial charge in [0.25, 0.3) is 0 Å². The van der Waals surface area contributed by atoms with E-state index >= 15 is 0 Å². The number of carboxylic acid groups (broad SMARTS) is 1. The van der Waals surface area contributed by atoms with Gasteiger partial charge in [0.2, 0.25) is 5.91 Å². The van der Waals surface area contributed by atoms with Crippen LogP contribution in [0.25, 0.3) is 0 Å². The number of rotatable bonds is 4. The van der Waals surface area contributed by atoms with Crippen LogP contribution in [-0.2, 0) is 16.0 Å². The van der Waals surface area contributed by atoms with Crippen molar-refractivity contribution in [1.82, 2.24) is 0 Å². The zero-order chi connectivity index (χ0) is 14.6. The molecule has 0 aliphatic carbocycles. The molecular formula is C15H21NO3. The molecule has 104 valence electrons. The zero-order valence-corrected chi connectivity index (χ0v) is 11.9. The van der Waals surface area contributed by atoms with Gasteiger partial charge < -0.3 is 10.4 Å². The van der Waals surface area contributed by atoms with Crippen LogP contribution in [-0.4, -0.2) is 17.0 Å². The highest BCUT2D eigenvalue weighted by atomic mass is 16.4. The molecule has 1 rings (SSSR count). The Morgan fingerprint density at radius 1 is 1.21 bits per heavy atom. The zero-order valence-electron chi connectivity index (χ0n) is 11.9. The van der Waals surface area contributed by atoms with Crippen LogP contribution < -0.4 is 5.32 Å². The largest absolute Gasteiger partial charge is 0.481 e. The minimum Gasteiger partial charge on any atom is -0.481 e. The number of hydrogen-bond acceptors (Lipinski definition) is 2. The molecule has 4 nitrogen and oxygen atoms in total. The van der Waals surface area contributed by atoms with Crippen molar-refractivity contribution in [1.29, 1.82) is 0 Å². The number of aliphatic carboxylic acids is 1. The second-order valence-electron chi connectivity index (χ2n) is 5.84. The summed E-state index contributed by atoms with van der Waals surface area (Å²) in [4.78, 5) is 22.6. The SMILES string of the molecule is CC(C(=O)Nc1ccc(CC(=O)O)cc1)C(C)(C)C. The quantitative estimate of drug-likeness (QED) is 0.877. The Bertz CT molecular complexity index is 457. The third-order valence-electron chi connectivity index (χ3n) is 3.27. The van der Waals surface area contributed by atoms with Crippen molar-refractivity contribution in [2.24, 2.45) is 11.3 Å². The molecule has 0 spiro atoms. The number of carbonyl (C=O) groups is 2. The molecule has 0 saturated heterocycles. The molecule has 1 atom stereocenters. The van der Waals surface area contributed by atoms with Crippen molar-refractivity contribution in [3.05, 3.63) is 29.8 Å². The number of carbonyl (C=O) groups excluding carboxylic acids is 1. The lowest BCUT2D eigenvalue weighted by Crippen LogP contribution is -2.30. The van der Waals surface area contributed by atoms with E-state index in [2.05, 4.69) is 5.32 Å². The van der Waals surface area contributed by atoms with Crippen LogP contribution in [0.3, 0.4) is 0 Å². The van der Waals surface area contributed by atoms with E-state index in [0.717, 1.165) is 5.56 Å². The maximum absolute atomic E-state index is 12.0. The summed E-state index contributed by atoms with van der Waals surface area (Å²) in [6.45, 7) is 7.96. The van der Waals surface area contributed by atoms with Crippen LogP contribution in [0.2, 0.25) is 0 Å². The maximum Gasteiger partial charge on any atom is 0.307 e. The lowest BCUT2D eigenvalue weighted by molar-refractivity contribution is -0.136. The molecule has 0 saturated carbocycles. The second-order valence-corrected chi connectivity index (χ2v) is 5.84. The predicted octanol–water partition coefficient (Wildman–Crippen LogP) is 2.93. The van der Waals surface area contributed by atoms with E-state index in [1.165, 1.54) is 0 Å². The molecule has 1 aromatic rings. The molecule has 1 unspecified atom stereocenters. The molecule has 4 heteroatoms. The topological polar surface area (TPSA) is 66.4 Å². The van der Waals surface area contributed by atoms with Gasteiger partial charge in [0.05, 0.1) is 6.42 Å². The third kappa shape index (κ3) is 4.73. The molecule has 0 aromatic heterocycles. The molecule has 0 aliphatic rings. The Balaban J connectivity index is 2.68. The first-order chi connectivity index (χ1) is 8.70. The van der Waals surface area contributed by atoms with E-state index in [-0.39, 0.29) is 23.7 Å². The van der Waals surface area contributed by atoms with Gasteiger partial charge in [0.15, 0.2) is 0 Å². The molecule has 0 aliphatic heterocycles. The molecule has 0 heterocycles. The number of benzene rings is 1. The normalized spacial score (nSPS) is 12.8. The summed E-state index contributed by atoms with van der Waals surface area (Å²) in [5.74, 6) is -0.997. The molecule has 0 radical (unpaired) electrons. The van der Waals surface area contributed by atoms with Gasteiger partial charge in [-0.15, -0.1) is 0 Å². The number of amides is 1. The standard InChI is InChI=1S/C15H21NO3/c1-10(15(2,3)4)14(19)16-12-7-5-11(6-8-12)9-13(17)18/h5-8,10H,9H2,1-4H3,(H,16,19)(H,17,18). The van der Waals surface area contributed by atoms with E-state index < -0.39 is 5.97 Å². The Kier molecular flexibility index (Phi) is 4.70. The molecular weight excluding hydrogens is 242 g/mol. The van der Waals surface area contributed by atoms with Gasteiger partial charge in [-0.25, -0.2) is 0 Å². The summed E-state index contributed by atoms with van der Waals surface area (Å²) in [6, 6.07) is 6.88. The second kappa shape index (κ2) is 5.87. The van der Waals surface area contributed by atoms with Crippen molar-refractivity contribution in [2.75, 3.05) is 5.32 Å². The van der Waals surface area contributed by atoms with Crippen molar-refractivity contribution in [2.45, 2.75) is 34.1 Å². The van der Waals surface area contributed by atoms with Gasteiger partial charge in [0.1, 0.15) is 0 Å². The highest BCUT2D eigenvalue weighted by molar-refractivity contribution is 5.92. The highest BCUT2D eigenvalue weighted by Crippen LogP contribution is 2.26. The Labute approximate surface area is 113 Å². The lowest BCUT2D eigenvalue weighted by Gasteiger charge is -2.26. The van der Waals surface area contributed by atoms with Gasteiger partial charge in [-0.1, -0.05) is 39.8 Å². The van der Waals surface area contributed by atoms with Crippen molar-refractivity contribution >= 4 is 17.6 Å². The van der Waals surface area contributed by atoms with Gasteiger partial charge in [0, 0.05) is 11.6 Å². The minimum absolute atomic E-state index is 0.00732. The van der Waals surface area contributed by atoms with Crippen LogP contribution in [0, 0.1) is 11.3 Å². The van der Waals surface area contributed by atoms with Crippen LogP contribution >= 0.6 is 0 Å². The van der Waals surface area contributed by atoms with Crippen molar-refractivity contribution < 1.29 is 14.7 Å². The third-order valence-corrected chi connectivity index (χ3v) is 3.27. The molecule has 1 aromatic carbocycles. The summed E-state index contributed by atoms with van der Waals surface area (Å²) in [7, 11) is 0. The van der Waals surface area contributed by atoms with Crippen LogP contribution in [0.15, 0.2) is 24.3 Å². The number of carboxylic acids is 1. The van der Waals surface area contributed by atoms with E-state index in [1.807, 2.05) is 27.7 Å². The summed E-state index contributed by atoms with van der Waals surface area (Å²) in [5, 5.41) is 11.5. The van der Waals surface area contributed by atoms with Crippen LogP contribution in [0.1, 0.15) is 33.3 Å². The summed E-state index contributed by atoms with van der Waals surface area (Å²) in [6.07, 6.45) is -0.00732. The van der Waals surface area contributed by atoms with Gasteiger partial charge >= 0.3 is 5.97 Å². The summed E-state index contributed by atoms with van der Waals surface area (Å²) in [5.41, 5.74) is 1.32. The van der Waals surface area contributed by atoms with Crippen molar-refractivity contribution in [3.8, 4) is 0 Å². The Morgan fingerprint density at radius 3 is 2.16 bits per heavy atom. The first kappa shape index (κ1) is 15.2. The monoisotopic (exact) mass is 263 g/mol. The van der Waals surface area contributed by atoms with E-state index in [9.17, 15) is 9.59 Å². The predicted molar refractivity (Wildman–Crippen MR) is 75.0 cm³/mol. The summed E-state index contributed by atoms with van der Waals surface area (Å²) < 4.78 is 0. The van der Waals surface area contributed by atoms with Crippen LogP contribution in [0.5, 0.6) is 0 Å². The Morgan fingerprint density at radius 2 is 1.74 bits per heavy atom. The number of anilines is 1. The van der Waals surface area contributed by atoms with Crippen LogP contribution in [0.4, 0.5) is 5.69 Å².